The lowest BCUT2D eigenvalue weighted by Gasteiger charge is -2.57. The molecule has 8 aliphatic carbocycles. The van der Waals surface area contributed by atoms with Crippen LogP contribution in [-0.4, -0.2) is 99.4 Å². The molecule has 8 rings (SSSR count). The predicted molar refractivity (Wildman–Crippen MR) is 286 cm³/mol. The number of methoxy groups -OCH3 is 4. The molecule has 0 aromatic carbocycles. The van der Waals surface area contributed by atoms with Gasteiger partial charge in [0.15, 0.2) is 0 Å². The molecule has 8 saturated carbocycles. The van der Waals surface area contributed by atoms with Crippen molar-refractivity contribution in [3.8, 4) is 0 Å². The van der Waals surface area contributed by atoms with E-state index in [1.165, 1.54) is 0 Å². The van der Waals surface area contributed by atoms with E-state index in [2.05, 4.69) is 138 Å². The lowest BCUT2D eigenvalue weighted by molar-refractivity contribution is -0.223. The van der Waals surface area contributed by atoms with Crippen LogP contribution in [0.25, 0.3) is 0 Å². The highest BCUT2D eigenvalue weighted by molar-refractivity contribution is 5.27. The van der Waals surface area contributed by atoms with Gasteiger partial charge in [-0.1, -0.05) is 90.5 Å². The monoisotopic (exact) mass is 985 g/mol. The molecule has 4 N–H and O–H groups in total. The number of aliphatic hydroxyl groups is 4. The van der Waals surface area contributed by atoms with E-state index in [0.717, 1.165) is 51.4 Å². The smallest absolute Gasteiger partial charge is 0.211 e. The molecule has 0 radical (unpaired) electrons. The van der Waals surface area contributed by atoms with E-state index in [0.29, 0.717) is 47.3 Å². The van der Waals surface area contributed by atoms with Crippen LogP contribution in [0.4, 0.5) is 0 Å². The Kier molecular flexibility index (Phi) is 13.8. The summed E-state index contributed by atoms with van der Waals surface area (Å²) in [6, 6.07) is 0. The average molecular weight is 986 g/mol. The molecule has 0 amide bonds. The lowest BCUT2D eigenvalue weighted by Crippen LogP contribution is -2.62. The predicted octanol–water partition coefficient (Wildman–Crippen LogP) is 13.6. The van der Waals surface area contributed by atoms with Gasteiger partial charge in [-0.3, -0.25) is 0 Å². The first-order valence-corrected chi connectivity index (χ1v) is 27.2. The number of hydrogen-bond donors (Lipinski definition) is 4. The fraction of sp³-hybridized carbons (Fsp3) is 1.00. The zero-order chi connectivity index (χ0) is 55.9. The van der Waals surface area contributed by atoms with Crippen LogP contribution in [0.15, 0.2) is 0 Å². The highest BCUT2D eigenvalue weighted by atomic mass is 16.5. The van der Waals surface area contributed by atoms with Gasteiger partial charge in [0.25, 0.3) is 0 Å². The number of ether oxygens (including phenoxy) is 4. The summed E-state index contributed by atoms with van der Waals surface area (Å²) < 4.78 is 54.0. The number of rotatable bonds is 12. The van der Waals surface area contributed by atoms with Gasteiger partial charge in [0.05, 0.1) is 44.8 Å². The van der Waals surface area contributed by atoms with Gasteiger partial charge in [-0.15, -0.1) is 0 Å². The molecule has 0 saturated heterocycles. The second-order valence-electron chi connectivity index (χ2n) is 30.1. The highest BCUT2D eigenvalue weighted by Gasteiger charge is 2.78. The maximum absolute atomic E-state index is 7.51. The van der Waals surface area contributed by atoms with E-state index >= 15 is 0 Å². The molecule has 0 spiro atoms. The Morgan fingerprint density at radius 1 is 0.362 bits per heavy atom. The summed E-state index contributed by atoms with van der Waals surface area (Å²) in [4.78, 5) is 0. The maximum atomic E-state index is 7.51. The number of hydrogen-bond acceptors (Lipinski definition) is 8. The fourth-order valence-corrected chi connectivity index (χ4v) is 20.8. The number of fused-ring (bicyclic) bond motifs is 8. The summed E-state index contributed by atoms with van der Waals surface area (Å²) in [6.07, 6.45) is 8.89. The van der Waals surface area contributed by atoms with Crippen LogP contribution in [0.5, 0.6) is 0 Å². The van der Waals surface area contributed by atoms with Crippen molar-refractivity contribution >= 4 is 0 Å². The third-order valence-corrected chi connectivity index (χ3v) is 26.4. The van der Waals surface area contributed by atoms with Crippen LogP contribution in [-0.2, 0) is 18.9 Å². The van der Waals surface area contributed by atoms with Gasteiger partial charge >= 0.3 is 0 Å². The van der Waals surface area contributed by atoms with Crippen molar-refractivity contribution in [3.63, 3.8) is 0 Å². The van der Waals surface area contributed by atoms with E-state index in [-0.39, 0.29) is 73.2 Å². The topological polar surface area (TPSA) is 118 Å². The molecule has 8 aliphatic rings. The van der Waals surface area contributed by atoms with E-state index < -0.39 is 22.4 Å². The molecular weight excluding hydrogens is 861 g/mol. The van der Waals surface area contributed by atoms with Gasteiger partial charge in [-0.25, -0.2) is 0 Å². The van der Waals surface area contributed by atoms with Crippen LogP contribution in [0.3, 0.4) is 0 Å². The molecule has 8 heteroatoms. The first-order chi connectivity index (χ1) is 32.4. The Bertz CT molecular complexity index is 1820. The Labute approximate surface area is 432 Å². The van der Waals surface area contributed by atoms with Crippen molar-refractivity contribution in [2.75, 3.05) is 28.4 Å². The molecule has 0 heterocycles. The van der Waals surface area contributed by atoms with E-state index in [4.69, 9.17) is 45.1 Å². The molecule has 8 bridgehead atoms. The first kappa shape index (κ1) is 54.9. The second kappa shape index (κ2) is 17.4. The minimum absolute atomic E-state index is 0. The Balaban J connectivity index is 0.000000210. The highest BCUT2D eigenvalue weighted by Crippen LogP contribution is 2.78. The van der Waals surface area contributed by atoms with Gasteiger partial charge in [-0.2, -0.15) is 0 Å². The summed E-state index contributed by atoms with van der Waals surface area (Å²) in [7, 11) is 7.29. The SMILES string of the molecule is C.[3H]OC(C)(C)C12CC([C@H](C)C1)C(C)(C)[C@@]2(C)OC.[3H]OC(C)(C)C12CC([C@H](C)C1)C(C)(C)[C@]2(C)OC.[3H]OC(C)(C)C12CC([C@H](C)C1)[C@@](C)(OC)C2(C)C.[3H]OC(C)(C)C12CC([C@H](C)C1)[C@](C)(OC)C2(C)C. The van der Waals surface area contributed by atoms with Crippen molar-refractivity contribution in [2.24, 2.45) is 90.7 Å². The molecule has 0 aromatic heterocycles. The van der Waals surface area contributed by atoms with Gasteiger partial charge in [0.1, 0.15) is 0 Å². The second-order valence-corrected chi connectivity index (χ2v) is 30.1. The Morgan fingerprint density at radius 3 is 0.797 bits per heavy atom. The Morgan fingerprint density at radius 2 is 0.580 bits per heavy atom. The average Bonchev–Trinajstić information content (AvgIpc) is 4.17. The van der Waals surface area contributed by atoms with E-state index in [9.17, 15) is 0 Å². The third kappa shape index (κ3) is 7.32. The summed E-state index contributed by atoms with van der Waals surface area (Å²) >= 11 is 0. The Hall–Kier alpha value is -0.320. The van der Waals surface area contributed by atoms with Crippen LogP contribution in [0.1, 0.15) is 225 Å². The summed E-state index contributed by atoms with van der Waals surface area (Å²) in [5.41, 5.74) is -2.36. The maximum Gasteiger partial charge on any atom is 0.211 e. The summed E-state index contributed by atoms with van der Waals surface area (Å²) in [6.45, 7) is 53.2. The summed E-state index contributed by atoms with van der Waals surface area (Å²) in [5.74, 6) is 5.05. The fourth-order valence-electron chi connectivity index (χ4n) is 20.8. The first-order valence-electron chi connectivity index (χ1n) is 28.8. The zero-order valence-electron chi connectivity index (χ0n) is 53.5. The van der Waals surface area contributed by atoms with Gasteiger partial charge in [0.2, 0.25) is 5.72 Å². The molecule has 8 unspecified atom stereocenters. The molecule has 408 valence electrons. The van der Waals surface area contributed by atoms with E-state index in [1.54, 1.807) is 0 Å². The van der Waals surface area contributed by atoms with Crippen LogP contribution >= 0.6 is 0 Å². The minimum Gasteiger partial charge on any atom is -0.390 e. The van der Waals surface area contributed by atoms with Gasteiger partial charge in [-0.05, 0) is 193 Å². The van der Waals surface area contributed by atoms with Crippen LogP contribution < -0.4 is 0 Å². The molecule has 8 nitrogen and oxygen atoms in total. The van der Waals surface area contributed by atoms with Crippen LogP contribution in [0, 0.1) is 90.7 Å². The lowest BCUT2D eigenvalue weighted by atomic mass is 9.52. The van der Waals surface area contributed by atoms with E-state index in [1.807, 2.05) is 56.1 Å². The normalized spacial score (nSPS) is 48.8. The van der Waals surface area contributed by atoms with Crippen molar-refractivity contribution in [2.45, 2.75) is 270 Å². The molecule has 16 atom stereocenters. The molecule has 0 aromatic rings. The minimum atomic E-state index is -0.478. The van der Waals surface area contributed by atoms with Gasteiger partial charge in [0, 0.05) is 60.9 Å². The van der Waals surface area contributed by atoms with Crippen molar-refractivity contribution < 1.29 is 39.4 Å². The molecule has 8 fully saturated rings. The zero-order valence-corrected chi connectivity index (χ0v) is 49.5. The quantitative estimate of drug-likeness (QED) is 0.153. The van der Waals surface area contributed by atoms with Crippen LogP contribution in [0.2, 0.25) is 0 Å². The third-order valence-electron chi connectivity index (χ3n) is 26.4. The van der Waals surface area contributed by atoms with Crippen molar-refractivity contribution in [3.05, 3.63) is 0 Å². The molecule has 0 aliphatic heterocycles. The molecular formula is C61H116O8. The standard InChI is InChI=1S/4C15H28O2.CH4/c2*1-10-8-15(13(4,5)16)9-11(10)14(6,17-7)12(15,2)3;2*1-10-8-15(13(4,5)16)9-11(10)12(2,3)14(15,6)17-7;/h4*10-11,16H,8-9H2,1-7H3;1H4/t10-,11?,14+,15?;10-,11?,14-,15?;10-,11?,14+,15?;10-,11?,14-,15?;/m1111./s1/i4*16T;. The van der Waals surface area contributed by atoms with Crippen molar-refractivity contribution in [1.29, 1.82) is 5.72 Å². The molecule has 69 heavy (non-hydrogen) atoms. The van der Waals surface area contributed by atoms with Gasteiger partial charge < -0.3 is 39.4 Å². The van der Waals surface area contributed by atoms with Crippen molar-refractivity contribution in [1.82, 2.24) is 0 Å². The summed E-state index contributed by atoms with van der Waals surface area (Å²) in [5, 5.41) is 20.6. The largest absolute Gasteiger partial charge is 0.390 e.